The average molecular weight is 281 g/mol. The quantitative estimate of drug-likeness (QED) is 0.922. The SMILES string of the molecule is Cc1csc(C(C)NCC(=O)N2CCCCCC2)n1. The molecule has 1 unspecified atom stereocenters. The molecule has 0 aromatic carbocycles. The van der Waals surface area contributed by atoms with E-state index in [1.807, 2.05) is 17.2 Å². The van der Waals surface area contributed by atoms with E-state index in [0.717, 1.165) is 36.6 Å². The van der Waals surface area contributed by atoms with Gasteiger partial charge in [0.25, 0.3) is 0 Å². The molecule has 106 valence electrons. The molecule has 5 heteroatoms. The highest BCUT2D eigenvalue weighted by molar-refractivity contribution is 7.09. The standard InChI is InChI=1S/C14H23N3OS/c1-11-10-19-14(16-11)12(2)15-9-13(18)17-7-5-3-4-6-8-17/h10,12,15H,3-9H2,1-2H3. The van der Waals surface area contributed by atoms with Crippen LogP contribution in [0.3, 0.4) is 0 Å². The van der Waals surface area contributed by atoms with Gasteiger partial charge in [-0.2, -0.15) is 0 Å². The van der Waals surface area contributed by atoms with E-state index in [2.05, 4.69) is 17.2 Å². The van der Waals surface area contributed by atoms with Crippen LogP contribution >= 0.6 is 11.3 Å². The number of aromatic nitrogens is 1. The Morgan fingerprint density at radius 3 is 2.68 bits per heavy atom. The van der Waals surface area contributed by atoms with E-state index in [9.17, 15) is 4.79 Å². The predicted molar refractivity (Wildman–Crippen MR) is 78.3 cm³/mol. The number of nitrogens with one attached hydrogen (secondary N) is 1. The molecule has 1 aromatic heterocycles. The van der Waals surface area contributed by atoms with Gasteiger partial charge < -0.3 is 4.90 Å². The summed E-state index contributed by atoms with van der Waals surface area (Å²) in [6.07, 6.45) is 4.80. The molecule has 19 heavy (non-hydrogen) atoms. The summed E-state index contributed by atoms with van der Waals surface area (Å²) < 4.78 is 0. The van der Waals surface area contributed by atoms with Crippen molar-refractivity contribution in [3.8, 4) is 0 Å². The van der Waals surface area contributed by atoms with Gasteiger partial charge in [-0.25, -0.2) is 4.98 Å². The normalized spacial score (nSPS) is 18.1. The Hall–Kier alpha value is -0.940. The van der Waals surface area contributed by atoms with Crippen LogP contribution < -0.4 is 5.32 Å². The lowest BCUT2D eigenvalue weighted by Crippen LogP contribution is -2.39. The molecule has 1 aromatic rings. The molecule has 1 aliphatic heterocycles. The van der Waals surface area contributed by atoms with Gasteiger partial charge in [0.1, 0.15) is 5.01 Å². The zero-order valence-electron chi connectivity index (χ0n) is 11.8. The van der Waals surface area contributed by atoms with E-state index in [4.69, 9.17) is 0 Å². The fourth-order valence-electron chi connectivity index (χ4n) is 2.33. The van der Waals surface area contributed by atoms with Crippen molar-refractivity contribution in [1.82, 2.24) is 15.2 Å². The average Bonchev–Trinajstić information content (AvgIpc) is 2.68. The second kappa shape index (κ2) is 7.01. The fourth-order valence-corrected chi connectivity index (χ4v) is 3.16. The fraction of sp³-hybridized carbons (Fsp3) is 0.714. The topological polar surface area (TPSA) is 45.2 Å². The van der Waals surface area contributed by atoms with Gasteiger partial charge in [0.15, 0.2) is 0 Å². The summed E-state index contributed by atoms with van der Waals surface area (Å²) in [5.74, 6) is 0.224. The minimum absolute atomic E-state index is 0.148. The van der Waals surface area contributed by atoms with Crippen LogP contribution in [0.2, 0.25) is 0 Å². The first-order valence-corrected chi connectivity index (χ1v) is 7.98. The first-order valence-electron chi connectivity index (χ1n) is 7.10. The number of carbonyl (C=O) groups excluding carboxylic acids is 1. The smallest absolute Gasteiger partial charge is 0.236 e. The molecule has 1 amide bonds. The molecule has 4 nitrogen and oxygen atoms in total. The molecule has 1 aliphatic rings. The zero-order chi connectivity index (χ0) is 13.7. The molecule has 0 bridgehead atoms. The summed E-state index contributed by atoms with van der Waals surface area (Å²) >= 11 is 1.65. The summed E-state index contributed by atoms with van der Waals surface area (Å²) in [5.41, 5.74) is 1.05. The Morgan fingerprint density at radius 1 is 1.42 bits per heavy atom. The van der Waals surface area contributed by atoms with Crippen molar-refractivity contribution in [3.63, 3.8) is 0 Å². The predicted octanol–water partition coefficient (Wildman–Crippen LogP) is 2.50. The monoisotopic (exact) mass is 281 g/mol. The highest BCUT2D eigenvalue weighted by Gasteiger charge is 2.17. The van der Waals surface area contributed by atoms with Gasteiger partial charge in [-0.15, -0.1) is 11.3 Å². The minimum Gasteiger partial charge on any atom is -0.342 e. The van der Waals surface area contributed by atoms with Gasteiger partial charge in [0.2, 0.25) is 5.91 Å². The van der Waals surface area contributed by atoms with Gasteiger partial charge in [0, 0.05) is 24.2 Å². The van der Waals surface area contributed by atoms with Crippen LogP contribution in [0.4, 0.5) is 0 Å². The number of hydrogen-bond donors (Lipinski definition) is 1. The van der Waals surface area contributed by atoms with Crippen molar-refractivity contribution in [2.75, 3.05) is 19.6 Å². The molecule has 0 spiro atoms. The molecule has 1 fully saturated rings. The molecule has 0 radical (unpaired) electrons. The second-order valence-corrected chi connectivity index (χ2v) is 6.11. The highest BCUT2D eigenvalue weighted by atomic mass is 32.1. The minimum atomic E-state index is 0.148. The van der Waals surface area contributed by atoms with Gasteiger partial charge in [-0.1, -0.05) is 12.8 Å². The maximum absolute atomic E-state index is 12.1. The molecule has 0 saturated carbocycles. The maximum Gasteiger partial charge on any atom is 0.236 e. The van der Waals surface area contributed by atoms with Crippen LogP contribution in [-0.4, -0.2) is 35.4 Å². The number of likely N-dealkylation sites (tertiary alicyclic amines) is 1. The molecule has 2 rings (SSSR count). The lowest BCUT2D eigenvalue weighted by atomic mass is 10.2. The Morgan fingerprint density at radius 2 is 2.11 bits per heavy atom. The van der Waals surface area contributed by atoms with Gasteiger partial charge in [-0.05, 0) is 26.7 Å². The van der Waals surface area contributed by atoms with Crippen molar-refractivity contribution < 1.29 is 4.79 Å². The zero-order valence-corrected chi connectivity index (χ0v) is 12.6. The van der Waals surface area contributed by atoms with E-state index in [-0.39, 0.29) is 11.9 Å². The molecular weight excluding hydrogens is 258 g/mol. The number of hydrogen-bond acceptors (Lipinski definition) is 4. The summed E-state index contributed by atoms with van der Waals surface area (Å²) in [4.78, 5) is 18.6. The molecule has 2 heterocycles. The summed E-state index contributed by atoms with van der Waals surface area (Å²) in [6, 6.07) is 0.148. The Kier molecular flexibility index (Phi) is 5.34. The first kappa shape index (κ1) is 14.5. The largest absolute Gasteiger partial charge is 0.342 e. The molecule has 1 saturated heterocycles. The third-order valence-electron chi connectivity index (χ3n) is 3.53. The Bertz CT molecular complexity index is 411. The molecular formula is C14H23N3OS. The van der Waals surface area contributed by atoms with Crippen LogP contribution in [0.5, 0.6) is 0 Å². The van der Waals surface area contributed by atoms with Gasteiger partial charge >= 0.3 is 0 Å². The number of amides is 1. The van der Waals surface area contributed by atoms with Crippen molar-refractivity contribution in [3.05, 3.63) is 16.1 Å². The molecule has 1 atom stereocenters. The van der Waals surface area contributed by atoms with E-state index in [1.165, 1.54) is 12.8 Å². The van der Waals surface area contributed by atoms with Gasteiger partial charge in [-0.3, -0.25) is 10.1 Å². The van der Waals surface area contributed by atoms with Crippen molar-refractivity contribution >= 4 is 17.2 Å². The van der Waals surface area contributed by atoms with Crippen molar-refractivity contribution in [2.24, 2.45) is 0 Å². The summed E-state index contributed by atoms with van der Waals surface area (Å²) in [7, 11) is 0. The van der Waals surface area contributed by atoms with Crippen LogP contribution in [0.15, 0.2) is 5.38 Å². The van der Waals surface area contributed by atoms with Crippen LogP contribution in [-0.2, 0) is 4.79 Å². The number of thiazole rings is 1. The lowest BCUT2D eigenvalue weighted by Gasteiger charge is -2.21. The van der Waals surface area contributed by atoms with E-state index < -0.39 is 0 Å². The van der Waals surface area contributed by atoms with Crippen molar-refractivity contribution in [1.29, 1.82) is 0 Å². The van der Waals surface area contributed by atoms with E-state index >= 15 is 0 Å². The van der Waals surface area contributed by atoms with E-state index in [0.29, 0.717) is 6.54 Å². The number of carbonyl (C=O) groups is 1. The van der Waals surface area contributed by atoms with Crippen molar-refractivity contribution in [2.45, 2.75) is 45.6 Å². The third-order valence-corrected chi connectivity index (χ3v) is 4.67. The third kappa shape index (κ3) is 4.28. The van der Waals surface area contributed by atoms with E-state index in [1.54, 1.807) is 11.3 Å². The first-order chi connectivity index (χ1) is 9.16. The Labute approximate surface area is 119 Å². The second-order valence-electron chi connectivity index (χ2n) is 5.22. The maximum atomic E-state index is 12.1. The number of aryl methyl sites for hydroxylation is 1. The van der Waals surface area contributed by atoms with Crippen LogP contribution in [0.1, 0.15) is 49.4 Å². The van der Waals surface area contributed by atoms with Crippen LogP contribution in [0, 0.1) is 6.92 Å². The Balaban J connectivity index is 1.79. The lowest BCUT2D eigenvalue weighted by molar-refractivity contribution is -0.130. The number of nitrogens with zero attached hydrogens (tertiary/aromatic N) is 2. The summed E-state index contributed by atoms with van der Waals surface area (Å²) in [6.45, 7) is 6.32. The molecule has 1 N–H and O–H groups in total. The summed E-state index contributed by atoms with van der Waals surface area (Å²) in [5, 5.41) is 6.39. The molecule has 0 aliphatic carbocycles. The van der Waals surface area contributed by atoms with Gasteiger partial charge in [0.05, 0.1) is 12.6 Å². The highest BCUT2D eigenvalue weighted by Crippen LogP contribution is 2.17. The van der Waals surface area contributed by atoms with Crippen LogP contribution in [0.25, 0.3) is 0 Å². The number of rotatable bonds is 4.